The minimum absolute atomic E-state index is 0.222. The van der Waals surface area contributed by atoms with Gasteiger partial charge in [-0.05, 0) is 18.8 Å². The van der Waals surface area contributed by atoms with Crippen molar-refractivity contribution in [2.24, 2.45) is 5.92 Å². The Bertz CT molecular complexity index is 545. The van der Waals surface area contributed by atoms with Crippen molar-refractivity contribution in [3.05, 3.63) is 12.4 Å². The molecule has 2 aliphatic heterocycles. The number of rotatable bonds is 4. The summed E-state index contributed by atoms with van der Waals surface area (Å²) in [4.78, 5) is 10.9. The predicted octanol–water partition coefficient (Wildman–Crippen LogP) is 1.66. The smallest absolute Gasteiger partial charge is 0.134 e. The van der Waals surface area contributed by atoms with E-state index in [4.69, 9.17) is 4.74 Å². The lowest BCUT2D eigenvalue weighted by Gasteiger charge is -2.35. The topological polar surface area (TPSA) is 67.3 Å². The lowest BCUT2D eigenvalue weighted by Crippen LogP contribution is -2.43. The third-order valence-corrected chi connectivity index (χ3v) is 5.79. The predicted molar refractivity (Wildman–Crippen MR) is 93.3 cm³/mol. The Balaban J connectivity index is 1.68. The van der Waals surface area contributed by atoms with E-state index in [0.29, 0.717) is 12.0 Å². The molecule has 0 aliphatic carbocycles. The molecular formula is C16H26N4O2S. The van der Waals surface area contributed by atoms with Gasteiger partial charge in [0.05, 0.1) is 12.1 Å². The Kier molecular flexibility index (Phi) is 5.48. The van der Waals surface area contributed by atoms with Crippen molar-refractivity contribution in [3.8, 4) is 0 Å². The number of nitrogens with zero attached hydrogens (tertiary/aromatic N) is 3. The maximum atomic E-state index is 11.5. The molecule has 0 spiro atoms. The molecule has 2 atom stereocenters. The Morgan fingerprint density at radius 3 is 2.87 bits per heavy atom. The lowest BCUT2D eigenvalue weighted by molar-refractivity contribution is -0.0203. The van der Waals surface area contributed by atoms with Crippen LogP contribution in [0.3, 0.4) is 0 Å². The van der Waals surface area contributed by atoms with Crippen LogP contribution >= 0.6 is 0 Å². The van der Waals surface area contributed by atoms with Crippen molar-refractivity contribution < 1.29 is 8.95 Å². The highest BCUT2D eigenvalue weighted by atomic mass is 32.2. The monoisotopic (exact) mass is 338 g/mol. The highest BCUT2D eigenvalue weighted by molar-refractivity contribution is 7.85. The number of hydrogen-bond acceptors (Lipinski definition) is 6. The summed E-state index contributed by atoms with van der Waals surface area (Å²) < 4.78 is 17.4. The summed E-state index contributed by atoms with van der Waals surface area (Å²) in [5, 5.41) is 3.54. The van der Waals surface area contributed by atoms with E-state index in [9.17, 15) is 4.21 Å². The van der Waals surface area contributed by atoms with E-state index in [-0.39, 0.29) is 6.10 Å². The van der Waals surface area contributed by atoms with Gasteiger partial charge in [-0.3, -0.25) is 4.21 Å². The van der Waals surface area contributed by atoms with Crippen molar-refractivity contribution in [3.63, 3.8) is 0 Å². The van der Waals surface area contributed by atoms with Crippen LogP contribution in [0.1, 0.15) is 26.7 Å². The average Bonchev–Trinajstić information content (AvgIpc) is 2.56. The molecule has 2 aliphatic rings. The lowest BCUT2D eigenvalue weighted by atomic mass is 9.94. The van der Waals surface area contributed by atoms with Crippen molar-refractivity contribution in [2.45, 2.75) is 38.8 Å². The van der Waals surface area contributed by atoms with Crippen LogP contribution in [0.15, 0.2) is 12.4 Å². The van der Waals surface area contributed by atoms with Gasteiger partial charge in [0.2, 0.25) is 0 Å². The van der Waals surface area contributed by atoms with Crippen LogP contribution < -0.4 is 10.2 Å². The fourth-order valence-corrected chi connectivity index (χ4v) is 4.32. The minimum atomic E-state index is -0.673. The minimum Gasteiger partial charge on any atom is -0.376 e. The van der Waals surface area contributed by atoms with Crippen molar-refractivity contribution >= 4 is 22.4 Å². The molecule has 3 rings (SSSR count). The molecule has 0 amide bonds. The standard InChI is InChI=1S/C16H26N4O2S/c1-12(2)16-13(4-3-7-22-16)19-14-10-15(18-11-17-14)20-5-8-23(21)9-6-20/h10-13,16H,3-9H2,1-2H3,(H,17,18,19)/t13-,16+/m1/s1. The van der Waals surface area contributed by atoms with Crippen LogP contribution in [-0.4, -0.2) is 57.5 Å². The number of ether oxygens (including phenoxy) is 1. The highest BCUT2D eigenvalue weighted by Gasteiger charge is 2.29. The van der Waals surface area contributed by atoms with E-state index in [1.807, 2.05) is 6.07 Å². The summed E-state index contributed by atoms with van der Waals surface area (Å²) in [6.07, 6.45) is 4.01. The van der Waals surface area contributed by atoms with Crippen LogP contribution in [0.2, 0.25) is 0 Å². The molecule has 128 valence electrons. The van der Waals surface area contributed by atoms with Crippen molar-refractivity contribution in [2.75, 3.05) is 41.4 Å². The molecule has 0 aromatic carbocycles. The Morgan fingerprint density at radius 1 is 1.35 bits per heavy atom. The third kappa shape index (κ3) is 4.20. The first-order chi connectivity index (χ1) is 11.1. The van der Waals surface area contributed by atoms with Gasteiger partial charge >= 0.3 is 0 Å². The zero-order chi connectivity index (χ0) is 16.2. The van der Waals surface area contributed by atoms with Crippen molar-refractivity contribution in [1.82, 2.24) is 9.97 Å². The Hall–Kier alpha value is -1.21. The van der Waals surface area contributed by atoms with Crippen LogP contribution in [-0.2, 0) is 15.5 Å². The SMILES string of the molecule is CC(C)[C@@H]1OCCC[C@H]1Nc1cc(N2CCS(=O)CC2)ncn1. The first-order valence-electron chi connectivity index (χ1n) is 8.43. The maximum Gasteiger partial charge on any atom is 0.134 e. The van der Waals surface area contributed by atoms with Crippen LogP contribution in [0.4, 0.5) is 11.6 Å². The summed E-state index contributed by atoms with van der Waals surface area (Å²) >= 11 is 0. The van der Waals surface area contributed by atoms with Crippen LogP contribution in [0, 0.1) is 5.92 Å². The van der Waals surface area contributed by atoms with Gasteiger partial charge in [0.1, 0.15) is 18.0 Å². The van der Waals surface area contributed by atoms with E-state index < -0.39 is 10.8 Å². The summed E-state index contributed by atoms with van der Waals surface area (Å²) in [6.45, 7) is 6.84. The van der Waals surface area contributed by atoms with Gasteiger partial charge < -0.3 is 15.0 Å². The fraction of sp³-hybridized carbons (Fsp3) is 0.750. The van der Waals surface area contributed by atoms with E-state index in [1.54, 1.807) is 6.33 Å². The molecule has 0 radical (unpaired) electrons. The molecule has 0 saturated carbocycles. The largest absolute Gasteiger partial charge is 0.376 e. The molecule has 23 heavy (non-hydrogen) atoms. The van der Waals surface area contributed by atoms with Crippen molar-refractivity contribution in [1.29, 1.82) is 0 Å². The summed E-state index contributed by atoms with van der Waals surface area (Å²) in [6, 6.07) is 2.29. The van der Waals surface area contributed by atoms with E-state index in [1.165, 1.54) is 0 Å². The first kappa shape index (κ1) is 16.6. The van der Waals surface area contributed by atoms with Gasteiger partial charge in [0, 0.05) is 48.1 Å². The second-order valence-corrected chi connectivity index (χ2v) is 8.27. The molecule has 7 heteroatoms. The number of hydrogen-bond donors (Lipinski definition) is 1. The van der Waals surface area contributed by atoms with Crippen LogP contribution in [0.25, 0.3) is 0 Å². The zero-order valence-corrected chi connectivity index (χ0v) is 14.7. The molecule has 6 nitrogen and oxygen atoms in total. The molecule has 1 N–H and O–H groups in total. The van der Waals surface area contributed by atoms with Gasteiger partial charge in [-0.25, -0.2) is 9.97 Å². The van der Waals surface area contributed by atoms with Gasteiger partial charge in [-0.15, -0.1) is 0 Å². The second-order valence-electron chi connectivity index (χ2n) is 6.57. The number of anilines is 2. The highest BCUT2D eigenvalue weighted by Crippen LogP contribution is 2.24. The Morgan fingerprint density at radius 2 is 2.13 bits per heavy atom. The third-order valence-electron chi connectivity index (χ3n) is 4.51. The summed E-state index contributed by atoms with van der Waals surface area (Å²) in [7, 11) is -0.673. The van der Waals surface area contributed by atoms with Gasteiger partial charge in [0.25, 0.3) is 0 Å². The molecule has 1 aromatic rings. The molecule has 0 bridgehead atoms. The second kappa shape index (κ2) is 7.57. The molecule has 1 aromatic heterocycles. The van der Waals surface area contributed by atoms with Gasteiger partial charge in [-0.2, -0.15) is 0 Å². The van der Waals surface area contributed by atoms with Gasteiger partial charge in [0.15, 0.2) is 0 Å². The number of aromatic nitrogens is 2. The first-order valence-corrected chi connectivity index (χ1v) is 9.92. The molecule has 0 unspecified atom stereocenters. The average molecular weight is 338 g/mol. The summed E-state index contributed by atoms with van der Waals surface area (Å²) in [5.74, 6) is 3.68. The molecular weight excluding hydrogens is 312 g/mol. The fourth-order valence-electron chi connectivity index (χ4n) is 3.27. The normalized spacial score (nSPS) is 26.5. The van der Waals surface area contributed by atoms with Gasteiger partial charge in [-0.1, -0.05) is 13.8 Å². The summed E-state index contributed by atoms with van der Waals surface area (Å²) in [5.41, 5.74) is 0. The maximum absolute atomic E-state index is 11.5. The zero-order valence-electron chi connectivity index (χ0n) is 13.9. The number of nitrogens with one attached hydrogen (secondary N) is 1. The van der Waals surface area contributed by atoms with Crippen LogP contribution in [0.5, 0.6) is 0 Å². The van der Waals surface area contributed by atoms with E-state index >= 15 is 0 Å². The molecule has 2 saturated heterocycles. The molecule has 2 fully saturated rings. The molecule has 3 heterocycles. The van der Waals surface area contributed by atoms with E-state index in [0.717, 1.165) is 55.7 Å². The Labute approximate surface area is 140 Å². The van der Waals surface area contributed by atoms with E-state index in [2.05, 4.69) is 34.0 Å². The quantitative estimate of drug-likeness (QED) is 0.901.